The molecule has 31 heavy (non-hydrogen) atoms. The van der Waals surface area contributed by atoms with Crippen molar-refractivity contribution in [3.8, 4) is 5.75 Å². The van der Waals surface area contributed by atoms with Crippen molar-refractivity contribution in [1.82, 2.24) is 4.72 Å². The van der Waals surface area contributed by atoms with Gasteiger partial charge in [0.2, 0.25) is 10.0 Å². The standard InChI is InChI=1S/C23H30FNO5S/c24-20-9-21(30-13-23-10-14-5-15(11-23)7-16(6-14)12-23)18(17-1-2-17)8-19(20)22(27)25-31(28,29)4-3-26/h8-9,14-17,26H,1-7,10-13H2,(H,25,27). The Morgan fingerprint density at radius 3 is 2.29 bits per heavy atom. The van der Waals surface area contributed by atoms with E-state index in [1.807, 2.05) is 4.72 Å². The first kappa shape index (κ1) is 21.2. The minimum atomic E-state index is -4.01. The topological polar surface area (TPSA) is 92.7 Å². The molecule has 5 fully saturated rings. The molecule has 1 aromatic rings. The predicted octanol–water partition coefficient (Wildman–Crippen LogP) is 3.35. The van der Waals surface area contributed by atoms with Gasteiger partial charge in [0.25, 0.3) is 5.91 Å². The van der Waals surface area contributed by atoms with Crippen molar-refractivity contribution >= 4 is 15.9 Å². The van der Waals surface area contributed by atoms with E-state index >= 15 is 0 Å². The number of carbonyl (C=O) groups is 1. The molecule has 6 rings (SSSR count). The molecule has 170 valence electrons. The quantitative estimate of drug-likeness (QED) is 0.632. The van der Waals surface area contributed by atoms with Crippen LogP contribution in [0.15, 0.2) is 12.1 Å². The zero-order valence-corrected chi connectivity index (χ0v) is 18.4. The number of rotatable bonds is 8. The molecule has 5 aliphatic rings. The van der Waals surface area contributed by atoms with Crippen molar-refractivity contribution in [2.24, 2.45) is 23.2 Å². The van der Waals surface area contributed by atoms with E-state index in [-0.39, 0.29) is 16.9 Å². The van der Waals surface area contributed by atoms with Crippen LogP contribution >= 0.6 is 0 Å². The Balaban J connectivity index is 1.35. The lowest BCUT2D eigenvalue weighted by Gasteiger charge is -2.56. The van der Waals surface area contributed by atoms with Crippen LogP contribution in [0.3, 0.4) is 0 Å². The van der Waals surface area contributed by atoms with Crippen molar-refractivity contribution in [3.63, 3.8) is 0 Å². The second-order valence-corrected chi connectivity index (χ2v) is 12.2. The smallest absolute Gasteiger partial charge is 0.267 e. The van der Waals surface area contributed by atoms with E-state index in [0.29, 0.717) is 12.4 Å². The van der Waals surface area contributed by atoms with Crippen LogP contribution in [0.1, 0.15) is 73.2 Å². The van der Waals surface area contributed by atoms with Crippen molar-refractivity contribution < 1.29 is 27.4 Å². The van der Waals surface area contributed by atoms with Gasteiger partial charge in [-0.05, 0) is 86.7 Å². The zero-order valence-electron chi connectivity index (χ0n) is 17.6. The fourth-order valence-electron chi connectivity index (χ4n) is 6.65. The molecule has 5 aliphatic carbocycles. The van der Waals surface area contributed by atoms with Crippen molar-refractivity contribution in [1.29, 1.82) is 0 Å². The Kier molecular flexibility index (Phi) is 5.28. The largest absolute Gasteiger partial charge is 0.493 e. The number of carbonyl (C=O) groups excluding carboxylic acids is 1. The normalized spacial score (nSPS) is 31.6. The SMILES string of the molecule is O=C(NS(=O)(=O)CCO)c1cc(C2CC2)c(OCC23CC4CC(CC(C4)C2)C3)cc1F. The molecule has 0 spiro atoms. The summed E-state index contributed by atoms with van der Waals surface area (Å²) in [5, 5.41) is 8.83. The summed E-state index contributed by atoms with van der Waals surface area (Å²) in [6.45, 7) is -0.0262. The lowest BCUT2D eigenvalue weighted by molar-refractivity contribution is -0.0747. The van der Waals surface area contributed by atoms with Crippen LogP contribution in [-0.4, -0.2) is 38.4 Å². The van der Waals surface area contributed by atoms with E-state index in [1.165, 1.54) is 50.7 Å². The van der Waals surface area contributed by atoms with Gasteiger partial charge in [0, 0.05) is 11.5 Å². The van der Waals surface area contributed by atoms with Crippen molar-refractivity contribution in [2.45, 2.75) is 57.3 Å². The third kappa shape index (κ3) is 4.33. The second-order valence-electron chi connectivity index (χ2n) is 10.3. The van der Waals surface area contributed by atoms with Crippen LogP contribution in [0, 0.1) is 29.0 Å². The summed E-state index contributed by atoms with van der Waals surface area (Å²) in [5.74, 6) is 0.715. The highest BCUT2D eigenvalue weighted by Crippen LogP contribution is 2.60. The second kappa shape index (κ2) is 7.73. The lowest BCUT2D eigenvalue weighted by Crippen LogP contribution is -2.48. The van der Waals surface area contributed by atoms with Crippen molar-refractivity contribution in [2.75, 3.05) is 19.0 Å². The number of benzene rings is 1. The summed E-state index contributed by atoms with van der Waals surface area (Å²) < 4.78 is 46.5. The van der Waals surface area contributed by atoms with Gasteiger partial charge >= 0.3 is 0 Å². The molecule has 8 heteroatoms. The number of aliphatic hydroxyl groups is 1. The van der Waals surface area contributed by atoms with Crippen LogP contribution in [0.4, 0.5) is 4.39 Å². The number of ether oxygens (including phenoxy) is 1. The molecule has 0 atom stereocenters. The first-order chi connectivity index (χ1) is 14.8. The van der Waals surface area contributed by atoms with Crippen LogP contribution in [0.25, 0.3) is 0 Å². The molecule has 0 aromatic heterocycles. The molecule has 0 aliphatic heterocycles. The number of hydrogen-bond acceptors (Lipinski definition) is 5. The number of nitrogens with one attached hydrogen (secondary N) is 1. The zero-order chi connectivity index (χ0) is 21.8. The first-order valence-corrected chi connectivity index (χ1v) is 13.0. The highest BCUT2D eigenvalue weighted by atomic mass is 32.2. The van der Waals surface area contributed by atoms with E-state index in [9.17, 15) is 17.6 Å². The fraction of sp³-hybridized carbons (Fsp3) is 0.696. The van der Waals surface area contributed by atoms with Gasteiger partial charge < -0.3 is 9.84 Å². The van der Waals surface area contributed by atoms with Crippen molar-refractivity contribution in [3.05, 3.63) is 29.1 Å². The van der Waals surface area contributed by atoms with Crippen LogP contribution < -0.4 is 9.46 Å². The molecule has 5 saturated carbocycles. The molecule has 0 unspecified atom stereocenters. The summed E-state index contributed by atoms with van der Waals surface area (Å²) in [4.78, 5) is 12.4. The molecular formula is C23H30FNO5S. The van der Waals surface area contributed by atoms with Gasteiger partial charge in [0.1, 0.15) is 11.6 Å². The Hall–Kier alpha value is -1.67. The first-order valence-electron chi connectivity index (χ1n) is 11.4. The summed E-state index contributed by atoms with van der Waals surface area (Å²) in [6.07, 6.45) is 9.54. The van der Waals surface area contributed by atoms with Gasteiger partial charge in [-0.2, -0.15) is 0 Å². The van der Waals surface area contributed by atoms with E-state index in [1.54, 1.807) is 0 Å². The molecule has 1 aromatic carbocycles. The Morgan fingerprint density at radius 2 is 1.74 bits per heavy atom. The van der Waals surface area contributed by atoms with E-state index in [4.69, 9.17) is 9.84 Å². The average molecular weight is 452 g/mol. The Morgan fingerprint density at radius 1 is 1.13 bits per heavy atom. The molecule has 0 radical (unpaired) electrons. The Bertz CT molecular complexity index is 953. The van der Waals surface area contributed by atoms with Crippen LogP contribution in [0.2, 0.25) is 0 Å². The molecule has 2 N–H and O–H groups in total. The van der Waals surface area contributed by atoms with E-state index in [0.717, 1.165) is 36.2 Å². The molecule has 1 amide bonds. The highest BCUT2D eigenvalue weighted by molar-refractivity contribution is 7.90. The third-order valence-electron chi connectivity index (χ3n) is 7.67. The maximum Gasteiger partial charge on any atom is 0.267 e. The van der Waals surface area contributed by atoms with Gasteiger partial charge in [-0.1, -0.05) is 0 Å². The fourth-order valence-corrected chi connectivity index (χ4v) is 7.38. The minimum absolute atomic E-state index is 0.195. The van der Waals surface area contributed by atoms with Gasteiger partial charge in [-0.25, -0.2) is 17.5 Å². The maximum atomic E-state index is 14.8. The van der Waals surface area contributed by atoms with E-state index in [2.05, 4.69) is 0 Å². The average Bonchev–Trinajstić information content (AvgIpc) is 3.50. The number of aliphatic hydroxyl groups excluding tert-OH is 1. The number of amides is 1. The van der Waals surface area contributed by atoms with E-state index < -0.39 is 34.1 Å². The predicted molar refractivity (Wildman–Crippen MR) is 113 cm³/mol. The number of hydrogen-bond donors (Lipinski definition) is 2. The lowest BCUT2D eigenvalue weighted by atomic mass is 9.50. The van der Waals surface area contributed by atoms with Gasteiger partial charge in [0.05, 0.1) is 24.5 Å². The number of sulfonamides is 1. The van der Waals surface area contributed by atoms with Crippen LogP contribution in [-0.2, 0) is 10.0 Å². The monoisotopic (exact) mass is 451 g/mol. The molecular weight excluding hydrogens is 421 g/mol. The van der Waals surface area contributed by atoms with Crippen LogP contribution in [0.5, 0.6) is 5.75 Å². The summed E-state index contributed by atoms with van der Waals surface area (Å²) >= 11 is 0. The molecule has 6 nitrogen and oxygen atoms in total. The summed E-state index contributed by atoms with van der Waals surface area (Å²) in [6, 6.07) is 2.70. The third-order valence-corrected chi connectivity index (χ3v) is 8.88. The van der Waals surface area contributed by atoms with Gasteiger partial charge in [0.15, 0.2) is 0 Å². The maximum absolute atomic E-state index is 14.8. The van der Waals surface area contributed by atoms with Gasteiger partial charge in [-0.3, -0.25) is 4.79 Å². The molecule has 0 heterocycles. The Labute approximate surface area is 182 Å². The summed E-state index contributed by atoms with van der Waals surface area (Å²) in [7, 11) is -4.01. The van der Waals surface area contributed by atoms with Gasteiger partial charge in [-0.15, -0.1) is 0 Å². The number of halogens is 1. The summed E-state index contributed by atoms with van der Waals surface area (Å²) in [5.41, 5.74) is 0.682. The highest BCUT2D eigenvalue weighted by Gasteiger charge is 2.51. The minimum Gasteiger partial charge on any atom is -0.493 e. The molecule has 0 saturated heterocycles. The molecule has 4 bridgehead atoms.